The van der Waals surface area contributed by atoms with E-state index in [1.54, 1.807) is 148 Å². The van der Waals surface area contributed by atoms with Crippen LogP contribution in [0.2, 0.25) is 0 Å². The SMILES string of the molecule is C1=CCCC1.C[C@@H](C1CCCC1P(C1CCCCC1)C1CCCCC1)P(C1CCCCC1)C1CCCCC1.[CH3-].[CH3-].[Fe+2]. The van der Waals surface area contributed by atoms with Crippen molar-refractivity contribution in [2.75, 3.05) is 0 Å². The first-order valence-electron chi connectivity index (χ1n) is 18.0. The monoisotopic (exact) mass is 644 g/mol. The number of allylic oxidation sites excluding steroid dienone is 2. The van der Waals surface area contributed by atoms with Crippen molar-refractivity contribution in [2.45, 2.75) is 208 Å². The summed E-state index contributed by atoms with van der Waals surface area (Å²) in [5.74, 6) is 1.13. The van der Waals surface area contributed by atoms with Gasteiger partial charge in [0.25, 0.3) is 0 Å². The van der Waals surface area contributed by atoms with Gasteiger partial charge in [0.2, 0.25) is 0 Å². The van der Waals surface area contributed by atoms with E-state index in [4.69, 9.17) is 0 Å². The van der Waals surface area contributed by atoms with Gasteiger partial charge in [-0.25, -0.2) is 0 Å². The first-order valence-corrected chi connectivity index (χ1v) is 21.1. The number of hydrogen-bond donors (Lipinski definition) is 0. The van der Waals surface area contributed by atoms with E-state index in [0.717, 1.165) is 22.9 Å². The van der Waals surface area contributed by atoms with Crippen LogP contribution in [0.15, 0.2) is 12.2 Å². The van der Waals surface area contributed by atoms with Gasteiger partial charge in [0.05, 0.1) is 0 Å². The molecule has 0 aliphatic heterocycles. The quantitative estimate of drug-likeness (QED) is 0.112. The molecule has 0 aromatic rings. The fourth-order valence-electron chi connectivity index (χ4n) is 10.0. The summed E-state index contributed by atoms with van der Waals surface area (Å²) in [5.41, 5.74) is 6.93. The zero-order valence-corrected chi connectivity index (χ0v) is 30.7. The maximum Gasteiger partial charge on any atom is 2.00 e. The van der Waals surface area contributed by atoms with Crippen LogP contribution in [-0.2, 0) is 17.1 Å². The number of rotatable bonds is 7. The molecule has 2 unspecified atom stereocenters. The van der Waals surface area contributed by atoms with Crippen LogP contribution in [0.4, 0.5) is 0 Å². The van der Waals surface area contributed by atoms with E-state index in [9.17, 15) is 0 Å². The molecule has 0 aromatic heterocycles. The van der Waals surface area contributed by atoms with E-state index in [1.807, 2.05) is 0 Å². The molecule has 6 aliphatic rings. The van der Waals surface area contributed by atoms with E-state index in [-0.39, 0.29) is 47.8 Å². The van der Waals surface area contributed by atoms with Crippen LogP contribution in [0.25, 0.3) is 0 Å². The zero-order valence-electron chi connectivity index (χ0n) is 27.8. The maximum absolute atomic E-state index is 2.85. The second-order valence-electron chi connectivity index (χ2n) is 14.4. The predicted molar refractivity (Wildman–Crippen MR) is 188 cm³/mol. The molecule has 41 heavy (non-hydrogen) atoms. The third-order valence-corrected chi connectivity index (χ3v) is 20.1. The second-order valence-corrected chi connectivity index (χ2v) is 20.6. The number of hydrogen-bond acceptors (Lipinski definition) is 0. The minimum Gasteiger partial charge on any atom is -0.358 e. The van der Waals surface area contributed by atoms with Gasteiger partial charge in [-0.1, -0.05) is 118 Å². The fraction of sp³-hybridized carbons (Fsp3) is 0.895. The van der Waals surface area contributed by atoms with E-state index in [0.29, 0.717) is 0 Å². The Morgan fingerprint density at radius 1 is 0.463 bits per heavy atom. The summed E-state index contributed by atoms with van der Waals surface area (Å²) in [6.45, 7) is 2.85. The molecule has 6 rings (SSSR count). The summed E-state index contributed by atoms with van der Waals surface area (Å²) in [7, 11) is 0.536. The molecule has 3 heteroatoms. The second kappa shape index (κ2) is 21.0. The maximum atomic E-state index is 2.85. The van der Waals surface area contributed by atoms with Crippen molar-refractivity contribution in [1.82, 2.24) is 0 Å². The summed E-state index contributed by atoms with van der Waals surface area (Å²) in [6, 6.07) is 0. The molecule has 5 fully saturated rings. The molecule has 0 heterocycles. The minimum absolute atomic E-state index is 0. The van der Waals surface area contributed by atoms with Crippen LogP contribution in [0.5, 0.6) is 0 Å². The normalized spacial score (nSPS) is 29.2. The van der Waals surface area contributed by atoms with Crippen molar-refractivity contribution in [3.05, 3.63) is 27.0 Å². The average Bonchev–Trinajstić information content (AvgIpc) is 3.72. The molecule has 0 radical (unpaired) electrons. The first kappa shape index (κ1) is 38.3. The van der Waals surface area contributed by atoms with Crippen LogP contribution in [0.1, 0.15) is 174 Å². The Hall–Kier alpha value is 1.12. The smallest absolute Gasteiger partial charge is 0.358 e. The Labute approximate surface area is 272 Å². The van der Waals surface area contributed by atoms with E-state index >= 15 is 0 Å². The van der Waals surface area contributed by atoms with Crippen LogP contribution >= 0.6 is 15.8 Å². The van der Waals surface area contributed by atoms with Gasteiger partial charge in [0.15, 0.2) is 0 Å². The van der Waals surface area contributed by atoms with Gasteiger partial charge < -0.3 is 14.9 Å². The van der Waals surface area contributed by atoms with Gasteiger partial charge >= 0.3 is 17.1 Å². The molecule has 0 nitrogen and oxygen atoms in total. The van der Waals surface area contributed by atoms with Crippen molar-refractivity contribution in [3.8, 4) is 0 Å². The Bertz CT molecular complexity index is 628. The van der Waals surface area contributed by atoms with Crippen LogP contribution in [-0.4, -0.2) is 34.0 Å². The van der Waals surface area contributed by atoms with Gasteiger partial charge in [-0.15, -0.1) is 0 Å². The van der Waals surface area contributed by atoms with Crippen molar-refractivity contribution >= 4 is 15.8 Å². The van der Waals surface area contributed by atoms with E-state index < -0.39 is 0 Å². The Morgan fingerprint density at radius 3 is 1.22 bits per heavy atom. The van der Waals surface area contributed by atoms with E-state index in [1.165, 1.54) is 36.2 Å². The third kappa shape index (κ3) is 10.9. The molecule has 0 saturated heterocycles. The molecule has 0 bridgehead atoms. The van der Waals surface area contributed by atoms with Crippen molar-refractivity contribution in [3.63, 3.8) is 0 Å². The summed E-state index contributed by atoms with van der Waals surface area (Å²) in [4.78, 5) is 0. The molecule has 0 spiro atoms. The largest absolute Gasteiger partial charge is 2.00 e. The third-order valence-electron chi connectivity index (χ3n) is 11.9. The molecule has 0 aromatic carbocycles. The summed E-state index contributed by atoms with van der Waals surface area (Å²) in [6.07, 6.45) is 45.0. The molecular formula is C38H70FeP2. The molecule has 6 aliphatic carbocycles. The molecular weight excluding hydrogens is 574 g/mol. The van der Waals surface area contributed by atoms with Crippen LogP contribution < -0.4 is 0 Å². The summed E-state index contributed by atoms with van der Waals surface area (Å²) < 4.78 is 0. The summed E-state index contributed by atoms with van der Waals surface area (Å²) >= 11 is 0. The zero-order chi connectivity index (χ0) is 26.0. The minimum atomic E-state index is 0. The Morgan fingerprint density at radius 2 is 0.854 bits per heavy atom. The molecule has 3 atom stereocenters. The molecule has 5 saturated carbocycles. The average molecular weight is 645 g/mol. The fourth-order valence-corrected chi connectivity index (χ4v) is 19.7. The van der Waals surface area contributed by atoms with Crippen molar-refractivity contribution in [1.29, 1.82) is 0 Å². The molecule has 240 valence electrons. The van der Waals surface area contributed by atoms with Crippen molar-refractivity contribution in [2.24, 2.45) is 5.92 Å². The molecule has 0 amide bonds. The van der Waals surface area contributed by atoms with Crippen LogP contribution in [0.3, 0.4) is 0 Å². The summed E-state index contributed by atoms with van der Waals surface area (Å²) in [5, 5.41) is 0. The topological polar surface area (TPSA) is 0 Å². The Kier molecular flexibility index (Phi) is 19.6. The predicted octanol–water partition coefficient (Wildman–Crippen LogP) is 13.5. The van der Waals surface area contributed by atoms with E-state index in [2.05, 4.69) is 19.1 Å². The van der Waals surface area contributed by atoms with Crippen LogP contribution in [0, 0.1) is 20.8 Å². The van der Waals surface area contributed by atoms with Gasteiger partial charge in [0, 0.05) is 0 Å². The van der Waals surface area contributed by atoms with Gasteiger partial charge in [-0.05, 0) is 123 Å². The van der Waals surface area contributed by atoms with Crippen molar-refractivity contribution < 1.29 is 17.1 Å². The van der Waals surface area contributed by atoms with Gasteiger partial charge in [-0.3, -0.25) is 0 Å². The molecule has 0 N–H and O–H groups in total. The van der Waals surface area contributed by atoms with Gasteiger partial charge in [0.1, 0.15) is 0 Å². The Balaban J connectivity index is 0.000000667. The van der Waals surface area contributed by atoms with Gasteiger partial charge in [-0.2, -0.15) is 0 Å². The standard InChI is InChI=1S/C31H56P2.C5H8.2CH3.Fe/c1-25(32(26-15-6-2-7-16-26)27-17-8-3-9-18-27)30-23-14-24-31(30)33(28-19-10-4-11-20-28)29-21-12-5-13-22-29;1-2-4-5-3-1;;;/h25-31H,2-24H2,1H3;1-2H,3-5H2;2*1H3;/q;;2*-1;+2/t25-,30?,31?;;;;/m0..../s1. The first-order chi connectivity index (χ1) is 18.8.